The minimum Gasteiger partial charge on any atom is -0.497 e. The molecule has 5 heteroatoms. The average molecular weight is 389 g/mol. The van der Waals surface area contributed by atoms with Gasteiger partial charge in [0, 0.05) is 16.5 Å². The number of esters is 1. The fourth-order valence-electron chi connectivity index (χ4n) is 2.68. The number of halogens is 1. The summed E-state index contributed by atoms with van der Waals surface area (Å²) in [5, 5.41) is 0. The van der Waals surface area contributed by atoms with Crippen LogP contribution in [-0.2, 0) is 14.3 Å². The molecule has 24 heavy (non-hydrogen) atoms. The number of carbonyl (C=O) groups excluding carboxylic acids is 1. The molecule has 0 aliphatic carbocycles. The molecule has 2 aromatic carbocycles. The Kier molecular flexibility index (Phi) is 4.90. The molecule has 0 aromatic heterocycles. The lowest BCUT2D eigenvalue weighted by Crippen LogP contribution is -2.05. The standard InChI is InChI=1S/C19H17BrO4/c1-22-15-9-5-12(6-10-15)17-11-16(19(21)23-2)18(24-17)13-3-7-14(20)8-4-13/h3-10,17H,11H2,1-2H3. The largest absolute Gasteiger partial charge is 0.497 e. The molecule has 3 rings (SSSR count). The molecule has 0 fully saturated rings. The minimum atomic E-state index is -0.357. The molecule has 1 heterocycles. The second-order valence-corrected chi connectivity index (χ2v) is 6.31. The van der Waals surface area contributed by atoms with Gasteiger partial charge >= 0.3 is 5.97 Å². The smallest absolute Gasteiger partial charge is 0.337 e. The van der Waals surface area contributed by atoms with Crippen molar-refractivity contribution in [3.05, 3.63) is 69.7 Å². The fourth-order valence-corrected chi connectivity index (χ4v) is 2.94. The summed E-state index contributed by atoms with van der Waals surface area (Å²) in [5.41, 5.74) is 2.40. The number of hydrogen-bond acceptors (Lipinski definition) is 4. The molecule has 0 bridgehead atoms. The normalized spacial score (nSPS) is 16.7. The van der Waals surface area contributed by atoms with Gasteiger partial charge in [0.2, 0.25) is 0 Å². The quantitative estimate of drug-likeness (QED) is 0.723. The van der Waals surface area contributed by atoms with Gasteiger partial charge in [-0.1, -0.05) is 40.2 Å². The zero-order valence-corrected chi connectivity index (χ0v) is 15.0. The van der Waals surface area contributed by atoms with Crippen LogP contribution in [0.15, 0.2) is 58.6 Å². The molecule has 4 nitrogen and oxygen atoms in total. The van der Waals surface area contributed by atoms with Crippen LogP contribution in [0.2, 0.25) is 0 Å². The molecule has 2 aromatic rings. The Morgan fingerprint density at radius 1 is 1.08 bits per heavy atom. The summed E-state index contributed by atoms with van der Waals surface area (Å²) >= 11 is 3.41. The van der Waals surface area contributed by atoms with E-state index in [1.165, 1.54) is 7.11 Å². The van der Waals surface area contributed by atoms with Crippen molar-refractivity contribution in [3.8, 4) is 5.75 Å². The van der Waals surface area contributed by atoms with Gasteiger partial charge in [0.15, 0.2) is 0 Å². The van der Waals surface area contributed by atoms with Crippen molar-refractivity contribution in [2.24, 2.45) is 0 Å². The van der Waals surface area contributed by atoms with Crippen LogP contribution in [0.5, 0.6) is 5.75 Å². The van der Waals surface area contributed by atoms with Gasteiger partial charge in [-0.3, -0.25) is 0 Å². The molecule has 124 valence electrons. The van der Waals surface area contributed by atoms with Crippen molar-refractivity contribution in [1.82, 2.24) is 0 Å². The van der Waals surface area contributed by atoms with Gasteiger partial charge in [-0.05, 0) is 29.8 Å². The minimum absolute atomic E-state index is 0.219. The van der Waals surface area contributed by atoms with Crippen LogP contribution in [0.25, 0.3) is 5.76 Å². The van der Waals surface area contributed by atoms with E-state index in [1.54, 1.807) is 7.11 Å². The predicted molar refractivity (Wildman–Crippen MR) is 94.5 cm³/mol. The predicted octanol–water partition coefficient (Wildman–Crippen LogP) is 4.50. The molecule has 1 aliphatic rings. The van der Waals surface area contributed by atoms with Gasteiger partial charge < -0.3 is 14.2 Å². The van der Waals surface area contributed by atoms with E-state index >= 15 is 0 Å². The van der Waals surface area contributed by atoms with Crippen LogP contribution in [0, 0.1) is 0 Å². The van der Waals surface area contributed by atoms with Gasteiger partial charge in [-0.25, -0.2) is 4.79 Å². The summed E-state index contributed by atoms with van der Waals surface area (Å²) in [6, 6.07) is 15.3. The third-order valence-corrected chi connectivity index (χ3v) is 4.48. The highest BCUT2D eigenvalue weighted by atomic mass is 79.9. The summed E-state index contributed by atoms with van der Waals surface area (Å²) < 4.78 is 17.2. The third kappa shape index (κ3) is 3.31. The lowest BCUT2D eigenvalue weighted by Gasteiger charge is -2.14. The van der Waals surface area contributed by atoms with E-state index in [0.29, 0.717) is 17.8 Å². The Morgan fingerprint density at radius 3 is 2.33 bits per heavy atom. The van der Waals surface area contributed by atoms with E-state index in [9.17, 15) is 4.79 Å². The number of rotatable bonds is 4. The molecule has 0 spiro atoms. The Morgan fingerprint density at radius 2 is 1.75 bits per heavy atom. The lowest BCUT2D eigenvalue weighted by atomic mass is 10.0. The van der Waals surface area contributed by atoms with Gasteiger partial charge in [-0.15, -0.1) is 0 Å². The Balaban J connectivity index is 1.91. The summed E-state index contributed by atoms with van der Waals surface area (Å²) in [4.78, 5) is 12.2. The molecule has 1 aliphatic heterocycles. The van der Waals surface area contributed by atoms with E-state index in [2.05, 4.69) is 15.9 Å². The molecule has 1 atom stereocenters. The van der Waals surface area contributed by atoms with Crippen LogP contribution in [-0.4, -0.2) is 20.2 Å². The lowest BCUT2D eigenvalue weighted by molar-refractivity contribution is -0.136. The number of methoxy groups -OCH3 is 2. The Hall–Kier alpha value is -2.27. The van der Waals surface area contributed by atoms with Crippen LogP contribution in [0.4, 0.5) is 0 Å². The highest BCUT2D eigenvalue weighted by Gasteiger charge is 2.32. The van der Waals surface area contributed by atoms with Crippen molar-refractivity contribution in [1.29, 1.82) is 0 Å². The van der Waals surface area contributed by atoms with Crippen molar-refractivity contribution in [2.45, 2.75) is 12.5 Å². The van der Waals surface area contributed by atoms with Crippen molar-refractivity contribution < 1.29 is 19.0 Å². The fraction of sp³-hybridized carbons (Fsp3) is 0.211. The molecule has 0 radical (unpaired) electrons. The molecular weight excluding hydrogens is 372 g/mol. The Labute approximate surface area is 149 Å². The third-order valence-electron chi connectivity index (χ3n) is 3.95. The SMILES string of the molecule is COC(=O)C1=C(c2ccc(Br)cc2)OC(c2ccc(OC)cc2)C1. The number of hydrogen-bond donors (Lipinski definition) is 0. The zero-order chi connectivity index (χ0) is 17.1. The van der Waals surface area contributed by atoms with E-state index < -0.39 is 0 Å². The van der Waals surface area contributed by atoms with Crippen molar-refractivity contribution in [2.75, 3.05) is 14.2 Å². The van der Waals surface area contributed by atoms with Crippen LogP contribution in [0.3, 0.4) is 0 Å². The second kappa shape index (κ2) is 7.09. The Bertz CT molecular complexity index is 763. The van der Waals surface area contributed by atoms with E-state index in [0.717, 1.165) is 21.3 Å². The van der Waals surface area contributed by atoms with Crippen LogP contribution in [0.1, 0.15) is 23.7 Å². The number of carbonyl (C=O) groups is 1. The molecule has 0 N–H and O–H groups in total. The van der Waals surface area contributed by atoms with E-state index in [-0.39, 0.29) is 12.1 Å². The molecule has 1 unspecified atom stereocenters. The first-order chi connectivity index (χ1) is 11.6. The van der Waals surface area contributed by atoms with E-state index in [4.69, 9.17) is 14.2 Å². The molecular formula is C19H17BrO4. The van der Waals surface area contributed by atoms with Crippen molar-refractivity contribution in [3.63, 3.8) is 0 Å². The van der Waals surface area contributed by atoms with Crippen LogP contribution >= 0.6 is 15.9 Å². The zero-order valence-electron chi connectivity index (χ0n) is 13.4. The summed E-state index contributed by atoms with van der Waals surface area (Å²) in [7, 11) is 3.01. The monoisotopic (exact) mass is 388 g/mol. The summed E-state index contributed by atoms with van der Waals surface area (Å²) in [6.45, 7) is 0. The highest BCUT2D eigenvalue weighted by Crippen LogP contribution is 2.41. The molecule has 0 saturated heterocycles. The van der Waals surface area contributed by atoms with Crippen LogP contribution < -0.4 is 4.74 Å². The topological polar surface area (TPSA) is 44.8 Å². The molecule has 0 amide bonds. The average Bonchev–Trinajstić information content (AvgIpc) is 3.07. The number of benzene rings is 2. The maximum absolute atomic E-state index is 12.2. The van der Waals surface area contributed by atoms with Crippen molar-refractivity contribution >= 4 is 27.7 Å². The van der Waals surface area contributed by atoms with Gasteiger partial charge in [-0.2, -0.15) is 0 Å². The summed E-state index contributed by atoms with van der Waals surface area (Å²) in [5.74, 6) is 1.00. The maximum Gasteiger partial charge on any atom is 0.337 e. The summed E-state index contributed by atoms with van der Waals surface area (Å²) in [6.07, 6.45) is 0.258. The second-order valence-electron chi connectivity index (χ2n) is 5.39. The first-order valence-corrected chi connectivity index (χ1v) is 8.29. The number of ether oxygens (including phenoxy) is 3. The van der Waals surface area contributed by atoms with Gasteiger partial charge in [0.25, 0.3) is 0 Å². The highest BCUT2D eigenvalue weighted by molar-refractivity contribution is 9.10. The van der Waals surface area contributed by atoms with Gasteiger partial charge in [0.1, 0.15) is 17.6 Å². The van der Waals surface area contributed by atoms with Gasteiger partial charge in [0.05, 0.1) is 19.8 Å². The first-order valence-electron chi connectivity index (χ1n) is 7.50. The maximum atomic E-state index is 12.2. The first kappa shape index (κ1) is 16.6. The van der Waals surface area contributed by atoms with E-state index in [1.807, 2.05) is 48.5 Å². The molecule has 0 saturated carbocycles.